The zero-order valence-corrected chi connectivity index (χ0v) is 22.6. The van der Waals surface area contributed by atoms with Gasteiger partial charge >= 0.3 is 21.7 Å². The second-order valence-corrected chi connectivity index (χ2v) is 9.84. The first-order valence-electron chi connectivity index (χ1n) is 10.0. The third kappa shape index (κ3) is 23.8. The number of rotatable bonds is 0. The predicted octanol–water partition coefficient (Wildman–Crippen LogP) is 2.93. The van der Waals surface area contributed by atoms with Gasteiger partial charge in [0.2, 0.25) is 0 Å². The van der Waals surface area contributed by atoms with E-state index in [9.17, 15) is 20.4 Å². The monoisotopic (exact) mass is 444 g/mol. The number of benzene rings is 1. The molecule has 5 heteroatoms. The Labute approximate surface area is 195 Å². The molecule has 0 aliphatic heterocycles. The van der Waals surface area contributed by atoms with Crippen LogP contribution in [0.4, 0.5) is 0 Å². The van der Waals surface area contributed by atoms with Crippen LogP contribution in [0, 0.1) is 6.92 Å². The number of aryl methyl sites for hydroxylation is 1. The van der Waals surface area contributed by atoms with Crippen LogP contribution in [0.1, 0.15) is 99.8 Å². The minimum atomic E-state index is -0.417. The Morgan fingerprint density at radius 3 is 0.931 bits per heavy atom. The molecule has 29 heavy (non-hydrogen) atoms. The zero-order valence-electron chi connectivity index (χ0n) is 21.0. The molecule has 0 saturated carbocycles. The van der Waals surface area contributed by atoms with Crippen molar-refractivity contribution >= 4 is 0 Å². The maximum Gasteiger partial charge on any atom is 4.00 e. The number of hydrogen-bond donors (Lipinski definition) is 0. The molecule has 1 aromatic rings. The molecule has 0 aromatic heterocycles. The topological polar surface area (TPSA) is 92.2 Å². The maximum absolute atomic E-state index is 12.4. The molecule has 0 aliphatic rings. The molecule has 0 N–H and O–H groups in total. The molecular weight excluding hydrogens is 400 g/mol. The minimum absolute atomic E-state index is 0. The van der Waals surface area contributed by atoms with Crippen LogP contribution in [0.25, 0.3) is 0 Å². The van der Waals surface area contributed by atoms with Gasteiger partial charge in [0.25, 0.3) is 0 Å². The first kappa shape index (κ1) is 36.0. The molecule has 0 heterocycles. The fraction of sp³-hybridized carbons (Fsp3) is 0.750. The van der Waals surface area contributed by atoms with E-state index in [4.69, 9.17) is 0 Å². The second kappa shape index (κ2) is 16.3. The smallest absolute Gasteiger partial charge is 0.872 e. The van der Waals surface area contributed by atoms with Gasteiger partial charge in [-0.1, -0.05) is 101 Å². The first-order valence-corrected chi connectivity index (χ1v) is 10.0. The van der Waals surface area contributed by atoms with Crippen molar-refractivity contribution in [3.63, 3.8) is 0 Å². The first-order chi connectivity index (χ1) is 12.2. The molecule has 0 atom stereocenters. The van der Waals surface area contributed by atoms with Gasteiger partial charge in [-0.05, 0) is 28.9 Å². The molecule has 0 fully saturated rings. The van der Waals surface area contributed by atoms with Crippen LogP contribution in [0.15, 0.2) is 12.1 Å². The molecule has 0 saturated heterocycles. The molecule has 0 amide bonds. The average molecular weight is 444 g/mol. The summed E-state index contributed by atoms with van der Waals surface area (Å²) in [5.74, 6) is 0.214. The van der Waals surface area contributed by atoms with Gasteiger partial charge in [0, 0.05) is 0 Å². The van der Waals surface area contributed by atoms with Crippen molar-refractivity contribution in [3.8, 4) is 5.75 Å². The van der Waals surface area contributed by atoms with Crippen molar-refractivity contribution in [2.45, 2.75) is 119 Å². The fourth-order valence-corrected chi connectivity index (χ4v) is 1.89. The van der Waals surface area contributed by atoms with Gasteiger partial charge in [-0.25, -0.2) is 0 Å². The summed E-state index contributed by atoms with van der Waals surface area (Å²) < 4.78 is 0. The van der Waals surface area contributed by atoms with E-state index < -0.39 is 18.3 Å². The SMILES string of the molecule is CC(C)[O-].CC(C)[O-].CC(C)[O-].Cc1cc(C(C)(C)C)c([O-])c(C(C)(C)C)c1.[Ti+4]. The fourth-order valence-electron chi connectivity index (χ4n) is 1.89. The van der Waals surface area contributed by atoms with E-state index in [-0.39, 0.29) is 38.3 Å². The van der Waals surface area contributed by atoms with Gasteiger partial charge in [0.1, 0.15) is 0 Å². The van der Waals surface area contributed by atoms with Gasteiger partial charge in [-0.15, -0.1) is 24.1 Å². The van der Waals surface area contributed by atoms with Crippen LogP contribution in [0.2, 0.25) is 0 Å². The van der Waals surface area contributed by atoms with Crippen molar-refractivity contribution in [3.05, 3.63) is 28.8 Å². The standard InChI is InChI=1S/C15H24O.3C3H7O.Ti/c1-10-8-11(14(2,3)4)13(16)12(9-10)15(5,6)7;3*1-3(2)4;/h8-9,16H,1-7H3;3*3H,1-2H3;/q;3*-1;+4/p-1. The van der Waals surface area contributed by atoms with E-state index in [2.05, 4.69) is 48.5 Å². The number of hydrogen-bond acceptors (Lipinski definition) is 4. The maximum atomic E-state index is 12.4. The van der Waals surface area contributed by atoms with Crippen LogP contribution in [-0.4, -0.2) is 18.3 Å². The van der Waals surface area contributed by atoms with E-state index in [1.165, 1.54) is 5.56 Å². The second-order valence-electron chi connectivity index (χ2n) is 9.84. The van der Waals surface area contributed by atoms with E-state index >= 15 is 0 Å². The van der Waals surface area contributed by atoms with Crippen LogP contribution in [-0.2, 0) is 32.5 Å². The molecule has 0 radical (unpaired) electrons. The normalized spacial score (nSPS) is 10.9. The van der Waals surface area contributed by atoms with Gasteiger partial charge in [-0.2, -0.15) is 0 Å². The van der Waals surface area contributed by atoms with Crippen molar-refractivity contribution in [1.82, 2.24) is 0 Å². The molecule has 0 bridgehead atoms. The van der Waals surface area contributed by atoms with Gasteiger partial charge in [-0.3, -0.25) is 0 Å². The zero-order chi connectivity index (χ0) is 23.5. The van der Waals surface area contributed by atoms with Gasteiger partial charge < -0.3 is 20.4 Å². The molecule has 0 unspecified atom stereocenters. The Kier molecular flexibility index (Phi) is 20.3. The molecule has 0 aliphatic carbocycles. The predicted molar refractivity (Wildman–Crippen MR) is 113 cm³/mol. The van der Waals surface area contributed by atoms with Crippen molar-refractivity contribution in [2.75, 3.05) is 0 Å². The minimum Gasteiger partial charge on any atom is -0.872 e. The van der Waals surface area contributed by atoms with E-state index in [0.717, 1.165) is 11.1 Å². The third-order valence-electron chi connectivity index (χ3n) is 2.85. The summed E-state index contributed by atoms with van der Waals surface area (Å²) in [6, 6.07) is 4.05. The Hall–Kier alpha value is -0.386. The molecular formula is C24H44O4Ti. The van der Waals surface area contributed by atoms with Gasteiger partial charge in [0.15, 0.2) is 0 Å². The molecule has 1 aromatic carbocycles. The third-order valence-corrected chi connectivity index (χ3v) is 2.85. The van der Waals surface area contributed by atoms with Crippen LogP contribution < -0.4 is 20.4 Å². The summed E-state index contributed by atoms with van der Waals surface area (Å²) in [6.07, 6.45) is -1.25. The van der Waals surface area contributed by atoms with Crippen LogP contribution in [0.3, 0.4) is 0 Å². The Balaban J connectivity index is -0.000000199. The summed E-state index contributed by atoms with van der Waals surface area (Å²) in [7, 11) is 0. The van der Waals surface area contributed by atoms with Crippen LogP contribution in [0.5, 0.6) is 5.75 Å². The quantitative estimate of drug-likeness (QED) is 0.575. The average Bonchev–Trinajstić information content (AvgIpc) is 2.36. The Bertz CT molecular complexity index is 467. The van der Waals surface area contributed by atoms with Crippen LogP contribution >= 0.6 is 0 Å². The summed E-state index contributed by atoms with van der Waals surface area (Å²) in [6.45, 7) is 24.3. The summed E-state index contributed by atoms with van der Waals surface area (Å²) in [5, 5.41) is 41.0. The Morgan fingerprint density at radius 2 is 0.793 bits per heavy atom. The molecule has 1 rings (SSSR count). The summed E-state index contributed by atoms with van der Waals surface area (Å²) in [5.41, 5.74) is 2.87. The van der Waals surface area contributed by atoms with Crippen molar-refractivity contribution in [2.24, 2.45) is 0 Å². The van der Waals surface area contributed by atoms with E-state index in [1.807, 2.05) is 12.1 Å². The van der Waals surface area contributed by atoms with Crippen molar-refractivity contribution in [1.29, 1.82) is 0 Å². The summed E-state index contributed by atoms with van der Waals surface area (Å²) >= 11 is 0. The van der Waals surface area contributed by atoms with Crippen molar-refractivity contribution < 1.29 is 42.1 Å². The molecule has 168 valence electrons. The largest absolute Gasteiger partial charge is 4.00 e. The molecule has 0 spiro atoms. The van der Waals surface area contributed by atoms with Gasteiger partial charge in [0.05, 0.1) is 0 Å². The molecule has 4 nitrogen and oxygen atoms in total. The van der Waals surface area contributed by atoms with E-state index in [1.54, 1.807) is 41.5 Å². The Morgan fingerprint density at radius 1 is 0.621 bits per heavy atom. The van der Waals surface area contributed by atoms with E-state index in [0.29, 0.717) is 0 Å². The summed E-state index contributed by atoms with van der Waals surface area (Å²) in [4.78, 5) is 0.